The van der Waals surface area contributed by atoms with Gasteiger partial charge in [0.15, 0.2) is 5.78 Å². The summed E-state index contributed by atoms with van der Waals surface area (Å²) in [6.07, 6.45) is 1.70. The van der Waals surface area contributed by atoms with Crippen LogP contribution in [-0.2, 0) is 4.79 Å². The fraction of sp³-hybridized carbons (Fsp3) is 0.312. The second-order valence-electron chi connectivity index (χ2n) is 5.44. The van der Waals surface area contributed by atoms with E-state index < -0.39 is 6.04 Å². The number of halogens is 1. The summed E-state index contributed by atoms with van der Waals surface area (Å²) in [6.45, 7) is 5.61. The molecule has 1 aliphatic rings. The Hall–Kier alpha value is -1.94. The standard InChI is InChI=1S/C16H15ClN2O2/c1-9-3-6-14(15(20)7-9)19-10(2)18-13-5-4-11(17)8-12(13)16(19)21/h4-5,8,14H,1,3,6-7H2,2H3. The molecule has 1 aromatic carbocycles. The van der Waals surface area contributed by atoms with E-state index in [1.807, 2.05) is 0 Å². The summed E-state index contributed by atoms with van der Waals surface area (Å²) < 4.78 is 1.51. The van der Waals surface area contributed by atoms with Gasteiger partial charge in [0.25, 0.3) is 5.56 Å². The van der Waals surface area contributed by atoms with E-state index in [1.165, 1.54) is 4.57 Å². The molecule has 3 rings (SSSR count). The van der Waals surface area contributed by atoms with Crippen molar-refractivity contribution in [2.45, 2.75) is 32.2 Å². The SMILES string of the molecule is C=C1CCC(n2c(C)nc3ccc(Cl)cc3c2=O)C(=O)C1. The number of rotatable bonds is 1. The number of nitrogens with zero attached hydrogens (tertiary/aromatic N) is 2. The minimum Gasteiger partial charge on any atom is -0.297 e. The number of hydrogen-bond acceptors (Lipinski definition) is 3. The molecule has 4 nitrogen and oxygen atoms in total. The van der Waals surface area contributed by atoms with E-state index in [0.29, 0.717) is 34.6 Å². The molecule has 0 radical (unpaired) electrons. The van der Waals surface area contributed by atoms with E-state index >= 15 is 0 Å². The highest BCUT2D eigenvalue weighted by atomic mass is 35.5. The Morgan fingerprint density at radius 1 is 1.38 bits per heavy atom. The van der Waals surface area contributed by atoms with E-state index in [-0.39, 0.29) is 11.3 Å². The molecule has 1 saturated carbocycles. The second kappa shape index (κ2) is 5.11. The predicted octanol–water partition coefficient (Wildman–Crippen LogP) is 3.21. The Bertz CT molecular complexity index is 823. The third-order valence-corrected chi connectivity index (χ3v) is 4.15. The Labute approximate surface area is 127 Å². The summed E-state index contributed by atoms with van der Waals surface area (Å²) in [6, 6.07) is 4.59. The van der Waals surface area contributed by atoms with E-state index in [9.17, 15) is 9.59 Å². The minimum atomic E-state index is -0.445. The molecule has 0 amide bonds. The molecule has 0 spiro atoms. The smallest absolute Gasteiger partial charge is 0.262 e. The summed E-state index contributed by atoms with van der Waals surface area (Å²) in [5, 5.41) is 0.936. The molecule has 5 heteroatoms. The molecule has 0 saturated heterocycles. The molecule has 1 aromatic heterocycles. The fourth-order valence-electron chi connectivity index (χ4n) is 2.88. The van der Waals surface area contributed by atoms with Crippen molar-refractivity contribution in [3.63, 3.8) is 0 Å². The Morgan fingerprint density at radius 3 is 2.86 bits per heavy atom. The molecular formula is C16H15ClN2O2. The van der Waals surface area contributed by atoms with Gasteiger partial charge in [-0.1, -0.05) is 23.8 Å². The zero-order valence-electron chi connectivity index (χ0n) is 11.7. The highest BCUT2D eigenvalue weighted by Crippen LogP contribution is 2.28. The van der Waals surface area contributed by atoms with Gasteiger partial charge in [0.2, 0.25) is 0 Å². The summed E-state index contributed by atoms with van der Waals surface area (Å²) in [4.78, 5) is 29.4. The summed E-state index contributed by atoms with van der Waals surface area (Å²) in [5.74, 6) is 0.584. The van der Waals surface area contributed by atoms with Crippen molar-refractivity contribution in [2.24, 2.45) is 0 Å². The van der Waals surface area contributed by atoms with Gasteiger partial charge in [-0.15, -0.1) is 0 Å². The largest absolute Gasteiger partial charge is 0.297 e. The first-order valence-corrected chi connectivity index (χ1v) is 7.23. The Kier molecular flexibility index (Phi) is 3.41. The zero-order valence-corrected chi connectivity index (χ0v) is 12.5. The first kappa shape index (κ1) is 14.0. The Balaban J connectivity index is 2.21. The number of hydrogen-bond donors (Lipinski definition) is 0. The minimum absolute atomic E-state index is 0.0274. The molecule has 0 bridgehead atoms. The number of carbonyl (C=O) groups is 1. The van der Waals surface area contributed by atoms with Gasteiger partial charge < -0.3 is 0 Å². The van der Waals surface area contributed by atoms with Gasteiger partial charge in [0.1, 0.15) is 5.82 Å². The van der Waals surface area contributed by atoms with Crippen LogP contribution in [0.5, 0.6) is 0 Å². The monoisotopic (exact) mass is 302 g/mol. The van der Waals surface area contributed by atoms with Crippen LogP contribution in [0.25, 0.3) is 10.9 Å². The van der Waals surface area contributed by atoms with Gasteiger partial charge in [0, 0.05) is 11.4 Å². The molecule has 1 heterocycles. The maximum absolute atomic E-state index is 12.7. The van der Waals surface area contributed by atoms with E-state index in [4.69, 9.17) is 11.6 Å². The van der Waals surface area contributed by atoms with E-state index in [0.717, 1.165) is 12.0 Å². The van der Waals surface area contributed by atoms with Crippen LogP contribution in [-0.4, -0.2) is 15.3 Å². The molecule has 21 heavy (non-hydrogen) atoms. The van der Waals surface area contributed by atoms with Crippen molar-refractivity contribution < 1.29 is 4.79 Å². The van der Waals surface area contributed by atoms with Gasteiger partial charge in [-0.25, -0.2) is 4.98 Å². The lowest BCUT2D eigenvalue weighted by Gasteiger charge is -2.25. The van der Waals surface area contributed by atoms with Crippen molar-refractivity contribution in [3.8, 4) is 0 Å². The quantitative estimate of drug-likeness (QED) is 0.760. The van der Waals surface area contributed by atoms with Crippen LogP contribution in [0.15, 0.2) is 35.1 Å². The number of benzene rings is 1. The number of fused-ring (bicyclic) bond motifs is 1. The van der Waals surface area contributed by atoms with Crippen LogP contribution < -0.4 is 5.56 Å². The van der Waals surface area contributed by atoms with Gasteiger partial charge in [0.05, 0.1) is 16.9 Å². The molecule has 1 atom stereocenters. The van der Waals surface area contributed by atoms with Gasteiger partial charge >= 0.3 is 0 Å². The molecular weight excluding hydrogens is 288 g/mol. The topological polar surface area (TPSA) is 52.0 Å². The maximum Gasteiger partial charge on any atom is 0.262 e. The number of allylic oxidation sites excluding steroid dienone is 1. The van der Waals surface area contributed by atoms with E-state index in [2.05, 4.69) is 11.6 Å². The van der Waals surface area contributed by atoms with Gasteiger partial charge in [-0.05, 0) is 38.0 Å². The average Bonchev–Trinajstić information content (AvgIpc) is 2.42. The number of Topliss-reactive ketones (excluding diaryl/α,β-unsaturated/α-hetero) is 1. The second-order valence-corrected chi connectivity index (χ2v) is 5.88. The molecule has 108 valence electrons. The predicted molar refractivity (Wildman–Crippen MR) is 82.8 cm³/mol. The fourth-order valence-corrected chi connectivity index (χ4v) is 3.05. The van der Waals surface area contributed by atoms with Crippen molar-refractivity contribution in [1.82, 2.24) is 9.55 Å². The Morgan fingerprint density at radius 2 is 2.14 bits per heavy atom. The van der Waals surface area contributed by atoms with Crippen LogP contribution >= 0.6 is 11.6 Å². The highest BCUT2D eigenvalue weighted by molar-refractivity contribution is 6.31. The third-order valence-electron chi connectivity index (χ3n) is 3.92. The summed E-state index contributed by atoms with van der Waals surface area (Å²) in [5.41, 5.74) is 1.33. The number of ketones is 1. The first-order chi connectivity index (χ1) is 9.97. The van der Waals surface area contributed by atoms with Crippen LogP contribution in [0.3, 0.4) is 0 Å². The van der Waals surface area contributed by atoms with Crippen LogP contribution in [0.1, 0.15) is 31.1 Å². The number of carbonyl (C=O) groups excluding carboxylic acids is 1. The average molecular weight is 303 g/mol. The van der Waals surface area contributed by atoms with Crippen LogP contribution in [0.4, 0.5) is 0 Å². The van der Waals surface area contributed by atoms with Crippen molar-refractivity contribution in [3.05, 3.63) is 51.6 Å². The van der Waals surface area contributed by atoms with E-state index in [1.54, 1.807) is 25.1 Å². The lowest BCUT2D eigenvalue weighted by molar-refractivity contribution is -0.122. The highest BCUT2D eigenvalue weighted by Gasteiger charge is 2.28. The zero-order chi connectivity index (χ0) is 15.1. The van der Waals surface area contributed by atoms with Crippen molar-refractivity contribution in [2.75, 3.05) is 0 Å². The van der Waals surface area contributed by atoms with Crippen LogP contribution in [0, 0.1) is 6.92 Å². The lowest BCUT2D eigenvalue weighted by Crippen LogP contribution is -2.34. The normalized spacial score (nSPS) is 19.2. The van der Waals surface area contributed by atoms with Crippen LogP contribution in [0.2, 0.25) is 5.02 Å². The molecule has 1 fully saturated rings. The summed E-state index contributed by atoms with van der Waals surface area (Å²) >= 11 is 5.96. The molecule has 1 unspecified atom stereocenters. The van der Waals surface area contributed by atoms with Crippen molar-refractivity contribution >= 4 is 28.3 Å². The molecule has 1 aliphatic carbocycles. The lowest BCUT2D eigenvalue weighted by atomic mass is 9.90. The van der Waals surface area contributed by atoms with Crippen molar-refractivity contribution in [1.29, 1.82) is 0 Å². The van der Waals surface area contributed by atoms with Gasteiger partial charge in [-0.2, -0.15) is 0 Å². The first-order valence-electron chi connectivity index (χ1n) is 6.85. The number of aryl methyl sites for hydroxylation is 1. The molecule has 0 aliphatic heterocycles. The van der Waals surface area contributed by atoms with Gasteiger partial charge in [-0.3, -0.25) is 14.2 Å². The number of aromatic nitrogens is 2. The maximum atomic E-state index is 12.7. The third kappa shape index (κ3) is 2.40. The molecule has 2 aromatic rings. The summed E-state index contributed by atoms with van der Waals surface area (Å²) in [7, 11) is 0. The molecule has 0 N–H and O–H groups in total.